The minimum atomic E-state index is -0.340. The molecule has 0 radical (unpaired) electrons. The summed E-state index contributed by atoms with van der Waals surface area (Å²) in [7, 11) is 3.22. The van der Waals surface area contributed by atoms with E-state index < -0.39 is 0 Å². The van der Waals surface area contributed by atoms with Gasteiger partial charge in [-0.15, -0.1) is 0 Å². The molecule has 4 aromatic rings. The Hall–Kier alpha value is -4.06. The van der Waals surface area contributed by atoms with Gasteiger partial charge in [-0.05, 0) is 42.5 Å². The Balaban J connectivity index is 1.57. The molecular formula is C24H21N3O3. The van der Waals surface area contributed by atoms with E-state index in [1.54, 1.807) is 38.5 Å². The van der Waals surface area contributed by atoms with Crippen molar-refractivity contribution in [3.05, 3.63) is 78.9 Å². The van der Waals surface area contributed by atoms with Crippen LogP contribution in [0.2, 0.25) is 0 Å². The molecule has 6 heteroatoms. The van der Waals surface area contributed by atoms with Gasteiger partial charge in [-0.3, -0.25) is 0 Å². The molecule has 1 heterocycles. The number of methoxy groups -OCH3 is 2. The molecule has 0 saturated carbocycles. The summed E-state index contributed by atoms with van der Waals surface area (Å²) in [6.45, 7) is 0. The van der Waals surface area contributed by atoms with Crippen LogP contribution in [-0.2, 0) is 0 Å². The van der Waals surface area contributed by atoms with Gasteiger partial charge in [0.15, 0.2) is 0 Å². The second-order valence-electron chi connectivity index (χ2n) is 6.62. The van der Waals surface area contributed by atoms with Crippen LogP contribution in [0.4, 0.5) is 16.2 Å². The summed E-state index contributed by atoms with van der Waals surface area (Å²) in [6.07, 6.45) is 0. The van der Waals surface area contributed by atoms with Crippen LogP contribution >= 0.6 is 0 Å². The third kappa shape index (κ3) is 4.17. The van der Waals surface area contributed by atoms with E-state index in [-0.39, 0.29) is 6.03 Å². The van der Waals surface area contributed by atoms with Crippen LogP contribution < -0.4 is 20.1 Å². The number of urea groups is 1. The zero-order valence-corrected chi connectivity index (χ0v) is 16.7. The highest BCUT2D eigenvalue weighted by Gasteiger charge is 2.10. The predicted octanol–water partition coefficient (Wildman–Crippen LogP) is 5.56. The first kappa shape index (κ1) is 19.3. The number of rotatable bonds is 5. The van der Waals surface area contributed by atoms with Crippen molar-refractivity contribution in [1.29, 1.82) is 0 Å². The Morgan fingerprint density at radius 1 is 0.800 bits per heavy atom. The first-order valence-electron chi connectivity index (χ1n) is 9.42. The van der Waals surface area contributed by atoms with Gasteiger partial charge >= 0.3 is 6.03 Å². The fraction of sp³-hybridized carbons (Fsp3) is 0.0833. The molecule has 3 aromatic carbocycles. The maximum absolute atomic E-state index is 12.4. The predicted molar refractivity (Wildman–Crippen MR) is 119 cm³/mol. The van der Waals surface area contributed by atoms with Crippen LogP contribution in [0.15, 0.2) is 78.9 Å². The number of benzene rings is 3. The standard InChI is InChI=1S/C24H21N3O3/c1-29-19-11-8-17(9-12-19)25-24(28)26-18-10-13-21-20(14-18)23(30-2)15-22(27-21)16-6-4-3-5-7-16/h3-15H,1-2H3,(H2,25,26,28). The number of hydrogen-bond donors (Lipinski definition) is 2. The molecule has 0 aliphatic carbocycles. The third-order valence-corrected chi connectivity index (χ3v) is 4.67. The molecule has 0 aliphatic rings. The molecule has 2 N–H and O–H groups in total. The van der Waals surface area contributed by atoms with Crippen molar-refractivity contribution in [2.24, 2.45) is 0 Å². The van der Waals surface area contributed by atoms with E-state index in [4.69, 9.17) is 14.5 Å². The van der Waals surface area contributed by atoms with Crippen LogP contribution in [0, 0.1) is 0 Å². The highest BCUT2D eigenvalue weighted by molar-refractivity contribution is 6.01. The lowest BCUT2D eigenvalue weighted by molar-refractivity contribution is 0.262. The van der Waals surface area contributed by atoms with Crippen LogP contribution in [0.25, 0.3) is 22.2 Å². The molecule has 6 nitrogen and oxygen atoms in total. The molecule has 30 heavy (non-hydrogen) atoms. The number of carbonyl (C=O) groups excluding carboxylic acids is 1. The Labute approximate surface area is 174 Å². The lowest BCUT2D eigenvalue weighted by Gasteiger charge is -2.12. The monoisotopic (exact) mass is 399 g/mol. The van der Waals surface area contributed by atoms with Crippen molar-refractivity contribution >= 4 is 28.3 Å². The van der Waals surface area contributed by atoms with Crippen LogP contribution in [0.1, 0.15) is 0 Å². The van der Waals surface area contributed by atoms with Crippen LogP contribution in [0.5, 0.6) is 11.5 Å². The zero-order valence-electron chi connectivity index (χ0n) is 16.7. The maximum Gasteiger partial charge on any atom is 0.323 e. The SMILES string of the molecule is COc1ccc(NC(=O)Nc2ccc3nc(-c4ccccc4)cc(OC)c3c2)cc1. The Kier molecular flexibility index (Phi) is 5.48. The average molecular weight is 399 g/mol. The van der Waals surface area contributed by atoms with E-state index in [0.717, 1.165) is 27.9 Å². The second-order valence-corrected chi connectivity index (χ2v) is 6.62. The Morgan fingerprint density at radius 2 is 1.50 bits per heavy atom. The topological polar surface area (TPSA) is 72.5 Å². The average Bonchev–Trinajstić information content (AvgIpc) is 2.79. The highest BCUT2D eigenvalue weighted by atomic mass is 16.5. The van der Waals surface area contributed by atoms with Crippen LogP contribution in [0.3, 0.4) is 0 Å². The van der Waals surface area contributed by atoms with E-state index in [0.29, 0.717) is 17.1 Å². The molecule has 0 atom stereocenters. The smallest absolute Gasteiger partial charge is 0.323 e. The lowest BCUT2D eigenvalue weighted by Crippen LogP contribution is -2.19. The molecule has 0 fully saturated rings. The molecule has 0 unspecified atom stereocenters. The number of hydrogen-bond acceptors (Lipinski definition) is 4. The Bertz CT molecular complexity index is 1180. The summed E-state index contributed by atoms with van der Waals surface area (Å²) in [5, 5.41) is 6.46. The van der Waals surface area contributed by atoms with Crippen molar-refractivity contribution in [2.45, 2.75) is 0 Å². The van der Waals surface area contributed by atoms with Gasteiger partial charge in [-0.25, -0.2) is 9.78 Å². The first-order valence-corrected chi connectivity index (χ1v) is 9.42. The van der Waals surface area contributed by atoms with Gasteiger partial charge in [-0.2, -0.15) is 0 Å². The number of ether oxygens (including phenoxy) is 2. The number of nitrogens with zero attached hydrogens (tertiary/aromatic N) is 1. The summed E-state index contributed by atoms with van der Waals surface area (Å²) < 4.78 is 10.7. The van der Waals surface area contributed by atoms with Crippen LogP contribution in [-0.4, -0.2) is 25.2 Å². The summed E-state index contributed by atoms with van der Waals surface area (Å²) in [6, 6.07) is 24.1. The first-order chi connectivity index (χ1) is 14.7. The molecule has 0 aliphatic heterocycles. The fourth-order valence-electron chi connectivity index (χ4n) is 3.17. The van der Waals surface area contributed by atoms with Gasteiger partial charge in [0.25, 0.3) is 0 Å². The summed E-state index contributed by atoms with van der Waals surface area (Å²) in [5.41, 5.74) is 3.94. The van der Waals surface area contributed by atoms with E-state index >= 15 is 0 Å². The fourth-order valence-corrected chi connectivity index (χ4v) is 3.17. The van der Waals surface area contributed by atoms with Gasteiger partial charge in [0.2, 0.25) is 0 Å². The second kappa shape index (κ2) is 8.53. The molecule has 4 rings (SSSR count). The van der Waals surface area contributed by atoms with Crippen molar-refractivity contribution in [2.75, 3.05) is 24.9 Å². The summed E-state index contributed by atoms with van der Waals surface area (Å²) in [4.78, 5) is 17.1. The largest absolute Gasteiger partial charge is 0.497 e. The van der Waals surface area contributed by atoms with Crippen molar-refractivity contribution in [3.8, 4) is 22.8 Å². The van der Waals surface area contributed by atoms with Gasteiger partial charge < -0.3 is 20.1 Å². The highest BCUT2D eigenvalue weighted by Crippen LogP contribution is 2.31. The molecule has 1 aromatic heterocycles. The normalized spacial score (nSPS) is 10.5. The molecule has 0 saturated heterocycles. The maximum atomic E-state index is 12.4. The Morgan fingerprint density at radius 3 is 2.20 bits per heavy atom. The van der Waals surface area contributed by atoms with Gasteiger partial charge in [0, 0.05) is 28.4 Å². The van der Waals surface area contributed by atoms with E-state index in [9.17, 15) is 4.79 Å². The van der Waals surface area contributed by atoms with Gasteiger partial charge in [0.05, 0.1) is 25.4 Å². The minimum absolute atomic E-state index is 0.340. The zero-order chi connectivity index (χ0) is 20.9. The number of carbonyl (C=O) groups is 1. The third-order valence-electron chi connectivity index (χ3n) is 4.67. The molecule has 0 spiro atoms. The number of anilines is 2. The summed E-state index contributed by atoms with van der Waals surface area (Å²) in [5.74, 6) is 1.42. The van der Waals surface area contributed by atoms with Gasteiger partial charge in [0.1, 0.15) is 11.5 Å². The van der Waals surface area contributed by atoms with E-state index in [1.807, 2.05) is 54.6 Å². The number of pyridine rings is 1. The van der Waals surface area contributed by atoms with E-state index in [1.165, 1.54) is 0 Å². The molecule has 0 bridgehead atoms. The number of amides is 2. The number of aromatic nitrogens is 1. The lowest BCUT2D eigenvalue weighted by atomic mass is 10.1. The van der Waals surface area contributed by atoms with Crippen molar-refractivity contribution in [3.63, 3.8) is 0 Å². The van der Waals surface area contributed by atoms with Crippen molar-refractivity contribution in [1.82, 2.24) is 4.98 Å². The quantitative estimate of drug-likeness (QED) is 0.461. The van der Waals surface area contributed by atoms with E-state index in [2.05, 4.69) is 10.6 Å². The van der Waals surface area contributed by atoms with Gasteiger partial charge in [-0.1, -0.05) is 30.3 Å². The molecular weight excluding hydrogens is 378 g/mol. The summed E-state index contributed by atoms with van der Waals surface area (Å²) >= 11 is 0. The molecule has 2 amide bonds. The molecule has 150 valence electrons. The minimum Gasteiger partial charge on any atom is -0.497 e. The van der Waals surface area contributed by atoms with Crippen molar-refractivity contribution < 1.29 is 14.3 Å². The number of nitrogens with one attached hydrogen (secondary N) is 2. The number of fused-ring (bicyclic) bond motifs is 1.